The lowest BCUT2D eigenvalue weighted by Crippen LogP contribution is -2.36. The molecule has 7 heteroatoms. The number of nitro groups is 1. The predicted molar refractivity (Wildman–Crippen MR) is 82.2 cm³/mol. The molecule has 0 saturated heterocycles. The average molecular weight is 297 g/mol. The third-order valence-corrected chi connectivity index (χ3v) is 3.61. The summed E-state index contributed by atoms with van der Waals surface area (Å²) in [4.78, 5) is 22.4. The normalized spacial score (nSPS) is 12.0. The van der Waals surface area contributed by atoms with E-state index in [4.69, 9.17) is 5.73 Å². The number of nitro benzene ring substituents is 1. The van der Waals surface area contributed by atoms with Gasteiger partial charge in [-0.25, -0.2) is 0 Å². The Kier molecular flexibility index (Phi) is 5.97. The highest BCUT2D eigenvalue weighted by molar-refractivity contribution is 7.98. The Bertz CT molecular complexity index is 520. The number of thioether (sulfide) groups is 1. The highest BCUT2D eigenvalue weighted by atomic mass is 32.2. The standard InChI is InChI=1S/C13H19N3O3S/c1-8-6-9(2)12(16(18)19)7-11(8)15-13(17)10(14)4-5-20-3/h6-7,10H,4-5,14H2,1-3H3,(H,15,17)/t10-/m1/s1. The molecule has 0 aliphatic carbocycles. The number of carbonyl (C=O) groups is 1. The summed E-state index contributed by atoms with van der Waals surface area (Å²) in [7, 11) is 0. The molecule has 0 aromatic heterocycles. The van der Waals surface area contributed by atoms with Crippen LogP contribution >= 0.6 is 11.8 Å². The number of hydrogen-bond acceptors (Lipinski definition) is 5. The SMILES string of the molecule is CSCC[C@@H](N)C(=O)Nc1cc([N+](=O)[O-])c(C)cc1C. The van der Waals surface area contributed by atoms with Crippen LogP contribution in [0.1, 0.15) is 17.5 Å². The van der Waals surface area contributed by atoms with Gasteiger partial charge in [-0.1, -0.05) is 0 Å². The summed E-state index contributed by atoms with van der Waals surface area (Å²) in [6.07, 6.45) is 2.51. The maximum absolute atomic E-state index is 11.9. The van der Waals surface area contributed by atoms with Crippen LogP contribution < -0.4 is 11.1 Å². The van der Waals surface area contributed by atoms with Crippen LogP contribution in [0, 0.1) is 24.0 Å². The molecule has 3 N–H and O–H groups in total. The lowest BCUT2D eigenvalue weighted by molar-refractivity contribution is -0.385. The molecule has 0 fully saturated rings. The Morgan fingerprint density at radius 1 is 1.45 bits per heavy atom. The molecule has 6 nitrogen and oxygen atoms in total. The largest absolute Gasteiger partial charge is 0.324 e. The van der Waals surface area contributed by atoms with Crippen LogP contribution in [0.5, 0.6) is 0 Å². The number of aryl methyl sites for hydroxylation is 2. The van der Waals surface area contributed by atoms with Crippen LogP contribution in [-0.2, 0) is 4.79 Å². The summed E-state index contributed by atoms with van der Waals surface area (Å²) < 4.78 is 0. The molecule has 0 aliphatic heterocycles. The van der Waals surface area contributed by atoms with Gasteiger partial charge in [0.05, 0.1) is 16.7 Å². The number of nitrogens with one attached hydrogen (secondary N) is 1. The molecule has 0 radical (unpaired) electrons. The number of anilines is 1. The average Bonchev–Trinajstić information content (AvgIpc) is 2.38. The Morgan fingerprint density at radius 2 is 2.10 bits per heavy atom. The zero-order chi connectivity index (χ0) is 15.3. The summed E-state index contributed by atoms with van der Waals surface area (Å²) >= 11 is 1.62. The van der Waals surface area contributed by atoms with E-state index in [9.17, 15) is 14.9 Å². The Labute approximate surface area is 122 Å². The molecule has 0 aliphatic rings. The summed E-state index contributed by atoms with van der Waals surface area (Å²) in [6, 6.07) is 2.45. The topological polar surface area (TPSA) is 98.3 Å². The Hall–Kier alpha value is -1.60. The van der Waals surface area contributed by atoms with E-state index in [1.807, 2.05) is 6.26 Å². The molecule has 0 unspecified atom stereocenters. The highest BCUT2D eigenvalue weighted by Gasteiger charge is 2.18. The van der Waals surface area contributed by atoms with Gasteiger partial charge in [0.25, 0.3) is 5.69 Å². The van der Waals surface area contributed by atoms with E-state index in [-0.39, 0.29) is 11.6 Å². The van der Waals surface area contributed by atoms with Crippen molar-refractivity contribution in [3.8, 4) is 0 Å². The molecule has 1 rings (SSSR count). The first-order valence-electron chi connectivity index (χ1n) is 6.17. The van der Waals surface area contributed by atoms with Gasteiger partial charge in [0.15, 0.2) is 0 Å². The van der Waals surface area contributed by atoms with Crippen molar-refractivity contribution in [2.75, 3.05) is 17.3 Å². The second-order valence-electron chi connectivity index (χ2n) is 4.59. The van der Waals surface area contributed by atoms with Gasteiger partial charge in [-0.3, -0.25) is 14.9 Å². The number of rotatable bonds is 6. The van der Waals surface area contributed by atoms with Crippen LogP contribution in [-0.4, -0.2) is 28.9 Å². The van der Waals surface area contributed by atoms with E-state index >= 15 is 0 Å². The molecule has 1 aromatic carbocycles. The van der Waals surface area contributed by atoms with Gasteiger partial charge in [-0.15, -0.1) is 0 Å². The van der Waals surface area contributed by atoms with E-state index < -0.39 is 11.0 Å². The number of carbonyl (C=O) groups excluding carboxylic acids is 1. The maximum Gasteiger partial charge on any atom is 0.274 e. The highest BCUT2D eigenvalue weighted by Crippen LogP contribution is 2.26. The van der Waals surface area contributed by atoms with Gasteiger partial charge in [0.1, 0.15) is 0 Å². The Morgan fingerprint density at radius 3 is 2.65 bits per heavy atom. The van der Waals surface area contributed by atoms with Crippen molar-refractivity contribution in [1.82, 2.24) is 0 Å². The van der Waals surface area contributed by atoms with Crippen molar-refractivity contribution in [2.45, 2.75) is 26.3 Å². The summed E-state index contributed by atoms with van der Waals surface area (Å²) in [5.74, 6) is 0.474. The predicted octanol–water partition coefficient (Wildman–Crippen LogP) is 2.23. The van der Waals surface area contributed by atoms with Gasteiger partial charge in [0, 0.05) is 11.6 Å². The number of nitrogens with two attached hydrogens (primary N) is 1. The van der Waals surface area contributed by atoms with Crippen LogP contribution in [0.4, 0.5) is 11.4 Å². The van der Waals surface area contributed by atoms with Gasteiger partial charge in [0.2, 0.25) is 5.91 Å². The summed E-state index contributed by atoms with van der Waals surface area (Å²) in [5, 5.41) is 13.6. The first-order valence-corrected chi connectivity index (χ1v) is 7.57. The van der Waals surface area contributed by atoms with Crippen LogP contribution in [0.3, 0.4) is 0 Å². The van der Waals surface area contributed by atoms with Gasteiger partial charge in [-0.05, 0) is 43.9 Å². The molecule has 110 valence electrons. The van der Waals surface area contributed by atoms with Gasteiger partial charge < -0.3 is 11.1 Å². The molecule has 0 saturated carbocycles. The minimum atomic E-state index is -0.609. The molecule has 0 spiro atoms. The zero-order valence-electron chi connectivity index (χ0n) is 11.8. The molecular formula is C13H19N3O3S. The molecule has 0 heterocycles. The fourth-order valence-corrected chi connectivity index (χ4v) is 2.26. The number of hydrogen-bond donors (Lipinski definition) is 2. The van der Waals surface area contributed by atoms with Crippen molar-refractivity contribution in [1.29, 1.82) is 0 Å². The summed E-state index contributed by atoms with van der Waals surface area (Å²) in [5.41, 5.74) is 7.54. The van der Waals surface area contributed by atoms with Crippen molar-refractivity contribution in [3.05, 3.63) is 33.4 Å². The second-order valence-corrected chi connectivity index (χ2v) is 5.57. The number of benzene rings is 1. The van der Waals surface area contributed by atoms with Crippen molar-refractivity contribution in [3.63, 3.8) is 0 Å². The van der Waals surface area contributed by atoms with E-state index in [0.717, 1.165) is 11.3 Å². The number of nitrogens with zero attached hydrogens (tertiary/aromatic N) is 1. The molecule has 0 bridgehead atoms. The second kappa shape index (κ2) is 7.25. The number of amides is 1. The molecule has 20 heavy (non-hydrogen) atoms. The minimum absolute atomic E-state index is 0.0106. The molecular weight excluding hydrogens is 278 g/mol. The molecule has 1 amide bonds. The monoisotopic (exact) mass is 297 g/mol. The van der Waals surface area contributed by atoms with Crippen LogP contribution in [0.2, 0.25) is 0 Å². The first-order chi connectivity index (χ1) is 9.36. The van der Waals surface area contributed by atoms with Gasteiger partial charge >= 0.3 is 0 Å². The fraction of sp³-hybridized carbons (Fsp3) is 0.462. The van der Waals surface area contributed by atoms with Gasteiger partial charge in [-0.2, -0.15) is 11.8 Å². The van der Waals surface area contributed by atoms with Crippen LogP contribution in [0.15, 0.2) is 12.1 Å². The van der Waals surface area contributed by atoms with Crippen LogP contribution in [0.25, 0.3) is 0 Å². The molecule has 1 aromatic rings. The third kappa shape index (κ3) is 4.21. The van der Waals surface area contributed by atoms with Crippen molar-refractivity contribution in [2.24, 2.45) is 5.73 Å². The minimum Gasteiger partial charge on any atom is -0.324 e. The van der Waals surface area contributed by atoms with E-state index in [0.29, 0.717) is 17.7 Å². The van der Waals surface area contributed by atoms with E-state index in [1.54, 1.807) is 31.7 Å². The van der Waals surface area contributed by atoms with E-state index in [2.05, 4.69) is 5.32 Å². The zero-order valence-corrected chi connectivity index (χ0v) is 12.6. The van der Waals surface area contributed by atoms with Crippen molar-refractivity contribution < 1.29 is 9.72 Å². The lowest BCUT2D eigenvalue weighted by Gasteiger charge is -2.13. The summed E-state index contributed by atoms with van der Waals surface area (Å²) in [6.45, 7) is 3.46. The quantitative estimate of drug-likeness (QED) is 0.619. The van der Waals surface area contributed by atoms with Crippen molar-refractivity contribution >= 4 is 29.0 Å². The third-order valence-electron chi connectivity index (χ3n) is 2.97. The first kappa shape index (κ1) is 16.5. The fourth-order valence-electron chi connectivity index (χ4n) is 1.77. The Balaban J connectivity index is 2.89. The molecule has 1 atom stereocenters. The maximum atomic E-state index is 11.9. The lowest BCUT2D eigenvalue weighted by atomic mass is 10.1. The van der Waals surface area contributed by atoms with E-state index in [1.165, 1.54) is 6.07 Å². The smallest absolute Gasteiger partial charge is 0.274 e.